The first-order valence-corrected chi connectivity index (χ1v) is 3.04. The van der Waals surface area contributed by atoms with E-state index in [1.807, 2.05) is 0 Å². The van der Waals surface area contributed by atoms with Gasteiger partial charge in [0.25, 0.3) is 0 Å². The van der Waals surface area contributed by atoms with Gasteiger partial charge in [0.1, 0.15) is 4.64 Å². The van der Waals surface area contributed by atoms with Gasteiger partial charge in [0.15, 0.2) is 5.88 Å². The zero-order chi connectivity index (χ0) is 7.56. The molecular weight excluding hydrogens is 150 g/mol. The highest BCUT2D eigenvalue weighted by Gasteiger charge is 1.91. The number of hydrogen-bond acceptors (Lipinski definition) is 4. The van der Waals surface area contributed by atoms with Crippen LogP contribution in [-0.4, -0.2) is 17.1 Å². The fraction of sp³-hybridized carbons (Fsp3) is 0.200. The van der Waals surface area contributed by atoms with Gasteiger partial charge in [-0.15, -0.1) is 0 Å². The summed E-state index contributed by atoms with van der Waals surface area (Å²) in [6.45, 7) is 0. The van der Waals surface area contributed by atoms with Crippen LogP contribution in [0.15, 0.2) is 6.07 Å². The van der Waals surface area contributed by atoms with Gasteiger partial charge in [-0.1, -0.05) is 12.2 Å². The Kier molecular flexibility index (Phi) is 1.86. The minimum atomic E-state index is 0.268. The largest absolute Gasteiger partial charge is 0.482 e. The van der Waals surface area contributed by atoms with E-state index in [0.717, 1.165) is 0 Å². The van der Waals surface area contributed by atoms with E-state index in [2.05, 4.69) is 9.97 Å². The van der Waals surface area contributed by atoms with Gasteiger partial charge in [-0.3, -0.25) is 4.98 Å². The molecule has 4 nitrogen and oxygen atoms in total. The second-order valence-corrected chi connectivity index (χ2v) is 2.09. The van der Waals surface area contributed by atoms with Gasteiger partial charge in [-0.05, 0) is 0 Å². The highest BCUT2D eigenvalue weighted by atomic mass is 32.1. The van der Waals surface area contributed by atoms with Crippen molar-refractivity contribution in [2.24, 2.45) is 0 Å². The van der Waals surface area contributed by atoms with E-state index in [0.29, 0.717) is 10.5 Å². The van der Waals surface area contributed by atoms with E-state index >= 15 is 0 Å². The summed E-state index contributed by atoms with van der Waals surface area (Å²) in [5.74, 6) is 0.793. The molecule has 0 aliphatic heterocycles. The number of ether oxygens (including phenoxy) is 1. The van der Waals surface area contributed by atoms with Gasteiger partial charge in [-0.2, -0.15) is 0 Å². The van der Waals surface area contributed by atoms with Crippen molar-refractivity contribution in [1.29, 1.82) is 0 Å². The summed E-state index contributed by atoms with van der Waals surface area (Å²) in [6, 6.07) is 1.59. The minimum Gasteiger partial charge on any atom is -0.482 e. The fourth-order valence-electron chi connectivity index (χ4n) is 0.563. The highest BCUT2D eigenvalue weighted by molar-refractivity contribution is 7.71. The molecule has 0 aromatic carbocycles. The Morgan fingerprint density at radius 1 is 1.80 bits per heavy atom. The number of nitrogens with one attached hydrogen (secondary N) is 1. The molecule has 0 spiro atoms. The van der Waals surface area contributed by atoms with Crippen LogP contribution in [0.4, 0.5) is 5.95 Å². The predicted octanol–water partition coefficient (Wildman–Crippen LogP) is 0.730. The standard InChI is InChI=1S/C5H7N3OS/c1-9-3-2-4(10)8-5(6)7-3/h2H,1H3,(H3,6,7,8,10). The van der Waals surface area contributed by atoms with Crippen LogP contribution in [0.25, 0.3) is 0 Å². The maximum Gasteiger partial charge on any atom is 0.201 e. The maximum absolute atomic E-state index is 5.32. The summed E-state index contributed by atoms with van der Waals surface area (Å²) >= 11 is 4.76. The maximum atomic E-state index is 5.32. The Labute approximate surface area is 63.0 Å². The molecule has 0 radical (unpaired) electrons. The van der Waals surface area contributed by atoms with Crippen molar-refractivity contribution in [3.63, 3.8) is 0 Å². The summed E-state index contributed by atoms with van der Waals surface area (Å²) in [7, 11) is 1.53. The van der Waals surface area contributed by atoms with Crippen molar-refractivity contribution in [2.45, 2.75) is 0 Å². The molecule has 1 rings (SSSR count). The molecule has 3 N–H and O–H groups in total. The molecule has 1 heterocycles. The highest BCUT2D eigenvalue weighted by Crippen LogP contribution is 2.05. The number of aromatic amines is 1. The Balaban J connectivity index is 3.19. The predicted molar refractivity (Wildman–Crippen MR) is 40.4 cm³/mol. The van der Waals surface area contributed by atoms with E-state index < -0.39 is 0 Å². The van der Waals surface area contributed by atoms with Crippen LogP contribution in [0, 0.1) is 4.64 Å². The first kappa shape index (κ1) is 7.01. The third-order valence-electron chi connectivity index (χ3n) is 0.956. The van der Waals surface area contributed by atoms with Crippen molar-refractivity contribution in [1.82, 2.24) is 9.97 Å². The molecule has 5 heteroatoms. The Morgan fingerprint density at radius 2 is 2.50 bits per heavy atom. The number of hydrogen-bond donors (Lipinski definition) is 2. The number of aromatic nitrogens is 2. The lowest BCUT2D eigenvalue weighted by Gasteiger charge is -1.98. The lowest BCUT2D eigenvalue weighted by atomic mass is 10.6. The van der Waals surface area contributed by atoms with Crippen molar-refractivity contribution in [3.05, 3.63) is 10.7 Å². The van der Waals surface area contributed by atoms with Crippen LogP contribution in [0.5, 0.6) is 5.88 Å². The second kappa shape index (κ2) is 2.66. The van der Waals surface area contributed by atoms with Crippen LogP contribution in [0.2, 0.25) is 0 Å². The molecule has 0 aliphatic rings. The van der Waals surface area contributed by atoms with Crippen molar-refractivity contribution >= 4 is 18.2 Å². The van der Waals surface area contributed by atoms with Crippen LogP contribution in [-0.2, 0) is 0 Å². The van der Waals surface area contributed by atoms with Gasteiger partial charge in [-0.25, -0.2) is 4.98 Å². The molecule has 0 amide bonds. The lowest BCUT2D eigenvalue weighted by Crippen LogP contribution is -1.96. The average molecular weight is 157 g/mol. The summed E-state index contributed by atoms with van der Waals surface area (Å²) in [5, 5.41) is 0. The minimum absolute atomic E-state index is 0.268. The third kappa shape index (κ3) is 1.44. The zero-order valence-corrected chi connectivity index (χ0v) is 6.23. The molecule has 0 saturated heterocycles. The SMILES string of the molecule is COc1cc(=S)nc(N)[nH]1. The van der Waals surface area contributed by atoms with Crippen LogP contribution >= 0.6 is 12.2 Å². The van der Waals surface area contributed by atoms with E-state index in [1.54, 1.807) is 6.07 Å². The monoisotopic (exact) mass is 157 g/mol. The summed E-state index contributed by atoms with van der Waals surface area (Å²) in [6.07, 6.45) is 0. The Morgan fingerprint density at radius 3 is 3.00 bits per heavy atom. The van der Waals surface area contributed by atoms with Crippen molar-refractivity contribution < 1.29 is 4.74 Å². The van der Waals surface area contributed by atoms with Gasteiger partial charge in [0.2, 0.25) is 5.95 Å². The van der Waals surface area contributed by atoms with E-state index in [-0.39, 0.29) is 5.95 Å². The normalized spacial score (nSPS) is 9.30. The molecule has 0 atom stereocenters. The first-order chi connectivity index (χ1) is 4.72. The smallest absolute Gasteiger partial charge is 0.201 e. The van der Waals surface area contributed by atoms with E-state index in [9.17, 15) is 0 Å². The Bertz CT molecular complexity index is 282. The van der Waals surface area contributed by atoms with Gasteiger partial charge in [0, 0.05) is 6.07 Å². The molecular formula is C5H7N3OS. The number of methoxy groups -OCH3 is 1. The molecule has 0 fully saturated rings. The second-order valence-electron chi connectivity index (χ2n) is 1.67. The molecule has 0 aliphatic carbocycles. The first-order valence-electron chi connectivity index (χ1n) is 2.63. The van der Waals surface area contributed by atoms with Crippen molar-refractivity contribution in [2.75, 3.05) is 12.8 Å². The molecule has 1 aromatic heterocycles. The molecule has 0 bridgehead atoms. The molecule has 0 unspecified atom stereocenters. The van der Waals surface area contributed by atoms with Gasteiger partial charge < -0.3 is 10.5 Å². The van der Waals surface area contributed by atoms with E-state index in [4.69, 9.17) is 22.7 Å². The number of nitrogens with two attached hydrogens (primary N) is 1. The molecule has 0 saturated carbocycles. The number of H-pyrrole nitrogens is 1. The number of nitrogens with zero attached hydrogens (tertiary/aromatic N) is 1. The van der Waals surface area contributed by atoms with Gasteiger partial charge in [0.05, 0.1) is 7.11 Å². The number of rotatable bonds is 1. The van der Waals surface area contributed by atoms with Crippen LogP contribution in [0.3, 0.4) is 0 Å². The number of anilines is 1. The third-order valence-corrected chi connectivity index (χ3v) is 1.17. The molecule has 1 aromatic rings. The van der Waals surface area contributed by atoms with Crippen LogP contribution in [0.1, 0.15) is 0 Å². The topological polar surface area (TPSA) is 63.9 Å². The Hall–Kier alpha value is -1.10. The molecule has 54 valence electrons. The van der Waals surface area contributed by atoms with Crippen molar-refractivity contribution in [3.8, 4) is 5.88 Å². The summed E-state index contributed by atoms with van der Waals surface area (Å²) in [4.78, 5) is 6.41. The average Bonchev–Trinajstić information content (AvgIpc) is 1.85. The van der Waals surface area contributed by atoms with Gasteiger partial charge >= 0.3 is 0 Å². The fourth-order valence-corrected chi connectivity index (χ4v) is 0.769. The quantitative estimate of drug-likeness (QED) is 0.590. The van der Waals surface area contributed by atoms with Crippen LogP contribution < -0.4 is 10.5 Å². The zero-order valence-electron chi connectivity index (χ0n) is 5.42. The summed E-state index contributed by atoms with van der Waals surface area (Å²) < 4.78 is 5.26. The van der Waals surface area contributed by atoms with E-state index in [1.165, 1.54) is 7.11 Å². The number of nitrogen functional groups attached to an aromatic ring is 1. The molecule has 10 heavy (non-hydrogen) atoms. The summed E-state index contributed by atoms with van der Waals surface area (Å²) in [5.41, 5.74) is 5.32. The lowest BCUT2D eigenvalue weighted by molar-refractivity contribution is 0.397.